The molecule has 0 spiro atoms. The molecule has 3 nitrogen and oxygen atoms in total. The van der Waals surface area contributed by atoms with E-state index < -0.39 is 0 Å². The Hall–Kier alpha value is -1.71. The van der Waals surface area contributed by atoms with Gasteiger partial charge in [-0.15, -0.1) is 0 Å². The fourth-order valence-corrected chi connectivity index (χ4v) is 3.58. The predicted octanol–water partition coefficient (Wildman–Crippen LogP) is -0.575. The first-order valence-corrected chi connectivity index (χ1v) is 9.12. The summed E-state index contributed by atoms with van der Waals surface area (Å²) in [6, 6.07) is 20.1. The van der Waals surface area contributed by atoms with Gasteiger partial charge in [-0.1, -0.05) is 30.3 Å². The monoisotopic (exact) mass is 360 g/mol. The fourth-order valence-electron chi connectivity index (χ4n) is 3.58. The molecule has 2 aromatic rings. The van der Waals surface area contributed by atoms with Crippen LogP contribution in [0.15, 0.2) is 54.6 Å². The zero-order valence-electron chi connectivity index (χ0n) is 15.2. The van der Waals surface area contributed by atoms with Crippen LogP contribution in [0.5, 0.6) is 5.75 Å². The lowest BCUT2D eigenvalue weighted by Gasteiger charge is -2.36. The van der Waals surface area contributed by atoms with Gasteiger partial charge in [0.15, 0.2) is 0 Å². The van der Waals surface area contributed by atoms with Gasteiger partial charge >= 0.3 is 0 Å². The summed E-state index contributed by atoms with van der Waals surface area (Å²) in [6.07, 6.45) is 1.17. The number of ether oxygens (including phenoxy) is 1. The van der Waals surface area contributed by atoms with Crippen LogP contribution in [0.3, 0.4) is 0 Å². The van der Waals surface area contributed by atoms with E-state index in [2.05, 4.69) is 66.4 Å². The Morgan fingerprint density at radius 3 is 2.24 bits per heavy atom. The van der Waals surface area contributed by atoms with Crippen LogP contribution >= 0.6 is 0 Å². The van der Waals surface area contributed by atoms with Gasteiger partial charge in [-0.3, -0.25) is 0 Å². The van der Waals surface area contributed by atoms with Crippen molar-refractivity contribution in [1.29, 1.82) is 0 Å². The average Bonchev–Trinajstić information content (AvgIpc) is 2.64. The summed E-state index contributed by atoms with van der Waals surface area (Å²) in [6.45, 7) is 9.80. The van der Waals surface area contributed by atoms with Gasteiger partial charge in [0, 0.05) is 12.1 Å². The van der Waals surface area contributed by atoms with Gasteiger partial charge in [0.1, 0.15) is 5.75 Å². The Morgan fingerprint density at radius 1 is 1.00 bits per heavy atom. The van der Waals surface area contributed by atoms with Crippen molar-refractivity contribution in [3.8, 4) is 5.75 Å². The first kappa shape index (κ1) is 19.6. The van der Waals surface area contributed by atoms with Gasteiger partial charge in [0.05, 0.1) is 38.8 Å². The molecule has 0 radical (unpaired) electrons. The number of nitrogens with zero attached hydrogens (tertiary/aromatic N) is 1. The molecule has 1 N–H and O–H groups in total. The summed E-state index contributed by atoms with van der Waals surface area (Å²) in [7, 11) is 0. The smallest absolute Gasteiger partial charge is 0.119 e. The van der Waals surface area contributed by atoms with E-state index in [4.69, 9.17) is 4.74 Å². The second-order valence-corrected chi connectivity index (χ2v) is 6.66. The molecule has 1 aliphatic rings. The normalized spacial score (nSPS) is 16.2. The molecule has 3 rings (SSSR count). The first-order valence-electron chi connectivity index (χ1n) is 9.12. The van der Waals surface area contributed by atoms with E-state index in [1.807, 2.05) is 6.92 Å². The van der Waals surface area contributed by atoms with E-state index in [0.29, 0.717) is 6.04 Å². The minimum Gasteiger partial charge on any atom is -1.00 e. The van der Waals surface area contributed by atoms with Crippen LogP contribution < -0.4 is 26.9 Å². The van der Waals surface area contributed by atoms with Crippen molar-refractivity contribution in [2.45, 2.75) is 26.3 Å². The van der Waals surface area contributed by atoms with Crippen LogP contribution in [-0.4, -0.2) is 38.8 Å². The highest BCUT2D eigenvalue weighted by Gasteiger charge is 2.24. The maximum Gasteiger partial charge on any atom is 0.119 e. The summed E-state index contributed by atoms with van der Waals surface area (Å²) in [4.78, 5) is 4.22. The molecule has 0 aromatic heterocycles. The Morgan fingerprint density at radius 2 is 1.64 bits per heavy atom. The minimum absolute atomic E-state index is 0. The van der Waals surface area contributed by atoms with Crippen molar-refractivity contribution in [3.05, 3.63) is 60.2 Å². The van der Waals surface area contributed by atoms with E-state index in [0.717, 1.165) is 25.4 Å². The number of anilines is 1. The van der Waals surface area contributed by atoms with Crippen molar-refractivity contribution in [2.24, 2.45) is 0 Å². The molecule has 4 heteroatoms. The van der Waals surface area contributed by atoms with E-state index in [1.165, 1.54) is 30.8 Å². The molecule has 1 saturated heterocycles. The van der Waals surface area contributed by atoms with Crippen molar-refractivity contribution in [1.82, 2.24) is 0 Å². The van der Waals surface area contributed by atoms with Crippen LogP contribution in [0.2, 0.25) is 0 Å². The molecule has 1 heterocycles. The molecular weight excluding hydrogens is 332 g/mol. The van der Waals surface area contributed by atoms with Gasteiger partial charge in [0.25, 0.3) is 0 Å². The van der Waals surface area contributed by atoms with Crippen LogP contribution in [0, 0.1) is 0 Å². The molecule has 0 saturated carbocycles. The largest absolute Gasteiger partial charge is 1.00 e. The Labute approximate surface area is 158 Å². The summed E-state index contributed by atoms with van der Waals surface area (Å²) in [5.74, 6) is 0.960. The lowest BCUT2D eigenvalue weighted by Crippen LogP contribution is -3.18. The van der Waals surface area contributed by atoms with Crippen LogP contribution in [0.4, 0.5) is 5.69 Å². The third-order valence-corrected chi connectivity index (χ3v) is 5.00. The standard InChI is InChI=1S/C21H28N2O.ClH/c1-3-24-21-11-9-20(10-12-21)23-15-13-22(14-16-23)18(2)17-19-7-5-4-6-8-19;/h4-12,18H,3,13-17H2,1-2H3;1H. The second kappa shape index (κ2) is 9.69. The highest BCUT2D eigenvalue weighted by atomic mass is 35.5. The average molecular weight is 361 g/mol. The number of hydrogen-bond donors (Lipinski definition) is 1. The lowest BCUT2D eigenvalue weighted by atomic mass is 10.1. The van der Waals surface area contributed by atoms with E-state index >= 15 is 0 Å². The molecule has 136 valence electrons. The Kier molecular flexibility index (Phi) is 7.60. The van der Waals surface area contributed by atoms with Crippen LogP contribution in [0.25, 0.3) is 0 Å². The van der Waals surface area contributed by atoms with Gasteiger partial charge in [-0.05, 0) is 43.7 Å². The summed E-state index contributed by atoms with van der Waals surface area (Å²) in [5.41, 5.74) is 2.76. The highest BCUT2D eigenvalue weighted by Crippen LogP contribution is 2.19. The molecule has 1 unspecified atom stereocenters. The Bertz CT molecular complexity index is 610. The number of hydrogen-bond acceptors (Lipinski definition) is 2. The number of rotatable bonds is 6. The molecule has 0 amide bonds. The van der Waals surface area contributed by atoms with Gasteiger partial charge < -0.3 is 26.9 Å². The molecule has 1 atom stereocenters. The quantitative estimate of drug-likeness (QED) is 0.742. The van der Waals surface area contributed by atoms with Crippen molar-refractivity contribution in [2.75, 3.05) is 37.7 Å². The molecular formula is C21H29ClN2O. The number of piperazine rings is 1. The highest BCUT2D eigenvalue weighted by molar-refractivity contribution is 5.49. The molecule has 1 aliphatic heterocycles. The van der Waals surface area contributed by atoms with Crippen LogP contribution in [-0.2, 0) is 6.42 Å². The third kappa shape index (κ3) is 5.38. The SMILES string of the molecule is CCOc1ccc(N2CC[NH+](C(C)Cc3ccccc3)CC2)cc1.[Cl-]. The van der Waals surface area contributed by atoms with Gasteiger partial charge in [-0.25, -0.2) is 0 Å². The van der Waals surface area contributed by atoms with E-state index in [1.54, 1.807) is 4.90 Å². The first-order chi connectivity index (χ1) is 11.8. The van der Waals surface area contributed by atoms with Gasteiger partial charge in [0.2, 0.25) is 0 Å². The topological polar surface area (TPSA) is 16.9 Å². The maximum atomic E-state index is 5.53. The maximum absolute atomic E-state index is 5.53. The minimum atomic E-state index is 0. The number of quaternary nitrogens is 1. The van der Waals surface area contributed by atoms with E-state index in [-0.39, 0.29) is 12.4 Å². The third-order valence-electron chi connectivity index (χ3n) is 5.00. The molecule has 0 bridgehead atoms. The number of benzene rings is 2. The zero-order chi connectivity index (χ0) is 16.8. The molecule has 25 heavy (non-hydrogen) atoms. The van der Waals surface area contributed by atoms with Gasteiger partial charge in [-0.2, -0.15) is 0 Å². The van der Waals surface area contributed by atoms with Crippen molar-refractivity contribution >= 4 is 5.69 Å². The van der Waals surface area contributed by atoms with E-state index in [9.17, 15) is 0 Å². The zero-order valence-corrected chi connectivity index (χ0v) is 16.0. The Balaban J connectivity index is 0.00000225. The molecule has 0 aliphatic carbocycles. The molecule has 2 aromatic carbocycles. The van der Waals surface area contributed by atoms with Crippen molar-refractivity contribution in [3.63, 3.8) is 0 Å². The summed E-state index contributed by atoms with van der Waals surface area (Å²) in [5, 5.41) is 0. The second-order valence-electron chi connectivity index (χ2n) is 6.66. The fraction of sp³-hybridized carbons (Fsp3) is 0.429. The van der Waals surface area contributed by atoms with Crippen molar-refractivity contribution < 1.29 is 22.0 Å². The lowest BCUT2D eigenvalue weighted by molar-refractivity contribution is -0.923. The summed E-state index contributed by atoms with van der Waals surface area (Å²) < 4.78 is 5.53. The number of halogens is 1. The molecule has 1 fully saturated rings. The number of nitrogens with one attached hydrogen (secondary N) is 1. The predicted molar refractivity (Wildman–Crippen MR) is 100 cm³/mol. The van der Waals surface area contributed by atoms with Crippen LogP contribution in [0.1, 0.15) is 19.4 Å². The summed E-state index contributed by atoms with van der Waals surface area (Å²) >= 11 is 0.